The molecule has 168 valence electrons. The van der Waals surface area contributed by atoms with Gasteiger partial charge in [0.15, 0.2) is 0 Å². The van der Waals surface area contributed by atoms with Crippen molar-refractivity contribution in [2.24, 2.45) is 0 Å². The third kappa shape index (κ3) is 4.83. The molecule has 1 aromatic carbocycles. The van der Waals surface area contributed by atoms with Gasteiger partial charge in [0.1, 0.15) is 11.4 Å². The van der Waals surface area contributed by atoms with Gasteiger partial charge in [-0.05, 0) is 17.0 Å². The van der Waals surface area contributed by atoms with Crippen molar-refractivity contribution in [2.75, 3.05) is 32.7 Å². The molecule has 1 fully saturated rings. The number of benzene rings is 1. The monoisotopic (exact) mass is 476 g/mol. The Morgan fingerprint density at radius 1 is 1.03 bits per heavy atom. The number of fused-ring (bicyclic) bond motifs is 1. The van der Waals surface area contributed by atoms with E-state index >= 15 is 0 Å². The molecule has 0 bridgehead atoms. The van der Waals surface area contributed by atoms with Crippen LogP contribution < -0.4 is 5.56 Å². The molecule has 4 aromatic rings. The van der Waals surface area contributed by atoms with Gasteiger partial charge in [0.05, 0.1) is 11.7 Å². The Hall–Kier alpha value is -3.07. The summed E-state index contributed by atoms with van der Waals surface area (Å²) in [4.78, 5) is 36.5. The van der Waals surface area contributed by atoms with Crippen molar-refractivity contribution < 1.29 is 4.79 Å². The van der Waals surface area contributed by atoms with E-state index < -0.39 is 0 Å². The average Bonchev–Trinajstić information content (AvgIpc) is 3.52. The molecule has 8 heteroatoms. The highest BCUT2D eigenvalue weighted by molar-refractivity contribution is 7.18. The number of piperazine rings is 1. The molecule has 0 unspecified atom stereocenters. The lowest BCUT2D eigenvalue weighted by Crippen LogP contribution is -2.49. The lowest BCUT2D eigenvalue weighted by molar-refractivity contribution is -0.133. The summed E-state index contributed by atoms with van der Waals surface area (Å²) in [6, 6.07) is 14.2. The fourth-order valence-corrected chi connectivity index (χ4v) is 5.74. The van der Waals surface area contributed by atoms with Crippen LogP contribution >= 0.6 is 22.7 Å². The molecule has 1 aliphatic heterocycles. The van der Waals surface area contributed by atoms with Crippen LogP contribution in [0.3, 0.4) is 0 Å². The maximum Gasteiger partial charge on any atom is 0.263 e. The van der Waals surface area contributed by atoms with Crippen molar-refractivity contribution in [2.45, 2.75) is 6.54 Å². The Morgan fingerprint density at radius 2 is 1.85 bits per heavy atom. The van der Waals surface area contributed by atoms with E-state index in [1.54, 1.807) is 11.3 Å². The number of carbonyl (C=O) groups is 1. The van der Waals surface area contributed by atoms with E-state index in [1.165, 1.54) is 27.8 Å². The number of carbonyl (C=O) groups excluding carboxylic acids is 1. The first-order valence-electron chi connectivity index (χ1n) is 10.9. The van der Waals surface area contributed by atoms with Gasteiger partial charge in [-0.3, -0.25) is 19.1 Å². The third-order valence-electron chi connectivity index (χ3n) is 5.85. The number of nitrogens with zero attached hydrogens (tertiary/aromatic N) is 4. The Morgan fingerprint density at radius 3 is 2.61 bits per heavy atom. The average molecular weight is 477 g/mol. The first-order chi connectivity index (χ1) is 16.2. The summed E-state index contributed by atoms with van der Waals surface area (Å²) in [5.41, 5.74) is 1.94. The maximum absolute atomic E-state index is 13.2. The van der Waals surface area contributed by atoms with Crippen LogP contribution in [0.25, 0.3) is 26.7 Å². The molecule has 1 aliphatic rings. The molecule has 3 aromatic heterocycles. The van der Waals surface area contributed by atoms with E-state index in [1.807, 2.05) is 46.0 Å². The van der Waals surface area contributed by atoms with Crippen LogP contribution in [-0.2, 0) is 11.3 Å². The summed E-state index contributed by atoms with van der Waals surface area (Å²) in [6.45, 7) is 3.87. The zero-order chi connectivity index (χ0) is 22.6. The molecule has 0 saturated carbocycles. The molecular formula is C25H24N4O2S2. The smallest absolute Gasteiger partial charge is 0.263 e. The molecule has 33 heavy (non-hydrogen) atoms. The topological polar surface area (TPSA) is 58.4 Å². The third-order valence-corrected chi connectivity index (χ3v) is 7.64. The van der Waals surface area contributed by atoms with Crippen LogP contribution in [0.5, 0.6) is 0 Å². The van der Waals surface area contributed by atoms with Crippen molar-refractivity contribution in [3.8, 4) is 10.4 Å². The van der Waals surface area contributed by atoms with Crippen molar-refractivity contribution in [1.82, 2.24) is 19.4 Å². The second-order valence-electron chi connectivity index (χ2n) is 7.98. The fraction of sp³-hybridized carbons (Fsp3) is 0.240. The van der Waals surface area contributed by atoms with E-state index in [4.69, 9.17) is 0 Å². The molecule has 1 saturated heterocycles. The van der Waals surface area contributed by atoms with Crippen LogP contribution in [-0.4, -0.2) is 58.0 Å². The first kappa shape index (κ1) is 21.8. The van der Waals surface area contributed by atoms with Gasteiger partial charge >= 0.3 is 0 Å². The molecule has 5 rings (SSSR count). The summed E-state index contributed by atoms with van der Waals surface area (Å²) < 4.78 is 1.45. The van der Waals surface area contributed by atoms with E-state index in [-0.39, 0.29) is 18.0 Å². The van der Waals surface area contributed by atoms with Gasteiger partial charge < -0.3 is 4.90 Å². The molecule has 0 aliphatic carbocycles. The molecule has 0 N–H and O–H groups in total. The molecule has 0 atom stereocenters. The van der Waals surface area contributed by atoms with Gasteiger partial charge in [0.2, 0.25) is 5.91 Å². The highest BCUT2D eigenvalue weighted by Gasteiger charge is 2.22. The van der Waals surface area contributed by atoms with Crippen molar-refractivity contribution >= 4 is 44.9 Å². The molecule has 0 radical (unpaired) electrons. The van der Waals surface area contributed by atoms with Gasteiger partial charge in [-0.15, -0.1) is 22.7 Å². The van der Waals surface area contributed by atoms with Gasteiger partial charge in [-0.1, -0.05) is 48.6 Å². The van der Waals surface area contributed by atoms with Gasteiger partial charge in [-0.2, -0.15) is 0 Å². The zero-order valence-corrected chi connectivity index (χ0v) is 19.7. The predicted octanol–water partition coefficient (Wildman–Crippen LogP) is 4.04. The molecule has 1 amide bonds. The maximum atomic E-state index is 13.2. The van der Waals surface area contributed by atoms with E-state index in [2.05, 4.69) is 34.2 Å². The summed E-state index contributed by atoms with van der Waals surface area (Å²) in [5.74, 6) is -0.0365. The highest BCUT2D eigenvalue weighted by atomic mass is 32.1. The summed E-state index contributed by atoms with van der Waals surface area (Å²) in [5, 5.41) is 4.57. The van der Waals surface area contributed by atoms with Gasteiger partial charge in [0, 0.05) is 48.5 Å². The SMILES string of the molecule is O=C(Cn1cnc2scc(-c3cccs3)c2c1=O)N1CCN(C/C=C/c2ccccc2)CC1. The van der Waals surface area contributed by atoms with Crippen molar-refractivity contribution in [3.63, 3.8) is 0 Å². The van der Waals surface area contributed by atoms with E-state index in [0.717, 1.165) is 30.1 Å². The predicted molar refractivity (Wildman–Crippen MR) is 136 cm³/mol. The van der Waals surface area contributed by atoms with Crippen molar-refractivity contribution in [3.05, 3.63) is 81.5 Å². The number of rotatable bonds is 6. The van der Waals surface area contributed by atoms with Crippen molar-refractivity contribution in [1.29, 1.82) is 0 Å². The van der Waals surface area contributed by atoms with Crippen LogP contribution in [0.2, 0.25) is 0 Å². The summed E-state index contributed by atoms with van der Waals surface area (Å²) in [7, 11) is 0. The van der Waals surface area contributed by atoms with E-state index in [9.17, 15) is 9.59 Å². The first-order valence-corrected chi connectivity index (χ1v) is 12.7. The molecule has 0 spiro atoms. The minimum atomic E-state index is -0.150. The number of hydrogen-bond donors (Lipinski definition) is 0. The van der Waals surface area contributed by atoms with Gasteiger partial charge in [-0.25, -0.2) is 4.98 Å². The Bertz CT molecular complexity index is 1320. The zero-order valence-electron chi connectivity index (χ0n) is 18.1. The highest BCUT2D eigenvalue weighted by Crippen LogP contribution is 2.33. The normalized spacial score (nSPS) is 15.0. The second kappa shape index (κ2) is 9.82. The molecule has 4 heterocycles. The molecule has 6 nitrogen and oxygen atoms in total. The Labute approximate surface area is 200 Å². The summed E-state index contributed by atoms with van der Waals surface area (Å²) >= 11 is 3.06. The summed E-state index contributed by atoms with van der Waals surface area (Å²) in [6.07, 6.45) is 5.79. The van der Waals surface area contributed by atoms with Crippen LogP contribution in [0, 0.1) is 0 Å². The second-order valence-corrected chi connectivity index (χ2v) is 9.78. The van der Waals surface area contributed by atoms with Gasteiger partial charge in [0.25, 0.3) is 5.56 Å². The minimum absolute atomic E-state index is 0.0232. The Balaban J connectivity index is 1.21. The quantitative estimate of drug-likeness (QED) is 0.421. The fourth-order valence-electron chi connectivity index (χ4n) is 4.02. The lowest BCUT2D eigenvalue weighted by Gasteiger charge is -2.34. The minimum Gasteiger partial charge on any atom is -0.339 e. The molecular weight excluding hydrogens is 452 g/mol. The largest absolute Gasteiger partial charge is 0.339 e. The number of aromatic nitrogens is 2. The number of hydrogen-bond acceptors (Lipinski definition) is 6. The van der Waals surface area contributed by atoms with Crippen LogP contribution in [0.4, 0.5) is 0 Å². The van der Waals surface area contributed by atoms with Crippen LogP contribution in [0.1, 0.15) is 5.56 Å². The Kier molecular flexibility index (Phi) is 6.48. The lowest BCUT2D eigenvalue weighted by atomic mass is 10.2. The standard InChI is InChI=1S/C25H24N4O2S2/c30-22(28-13-11-27(12-14-28)10-4-8-19-6-2-1-3-7-19)16-29-18-26-24-23(25(29)31)20(17-33-24)21-9-5-15-32-21/h1-9,15,17-18H,10-14,16H2/b8-4+. The van der Waals surface area contributed by atoms with Crippen LogP contribution in [0.15, 0.2) is 70.4 Å². The van der Waals surface area contributed by atoms with E-state index in [0.29, 0.717) is 23.3 Å². The number of amides is 1. The number of thiophene rings is 2.